The number of esters is 1. The first kappa shape index (κ1) is 23.8. The van der Waals surface area contributed by atoms with Crippen LogP contribution in [0.5, 0.6) is 5.75 Å². The molecule has 0 radical (unpaired) electrons. The van der Waals surface area contributed by atoms with Gasteiger partial charge in [-0.15, -0.1) is 0 Å². The van der Waals surface area contributed by atoms with E-state index in [1.165, 1.54) is 19.4 Å². The zero-order valence-electron chi connectivity index (χ0n) is 19.7. The van der Waals surface area contributed by atoms with Crippen molar-refractivity contribution in [1.29, 1.82) is 0 Å². The summed E-state index contributed by atoms with van der Waals surface area (Å²) in [4.78, 5) is 30.2. The lowest BCUT2D eigenvalue weighted by Gasteiger charge is -2.10. The van der Waals surface area contributed by atoms with E-state index in [-0.39, 0.29) is 17.1 Å². The van der Waals surface area contributed by atoms with Gasteiger partial charge in [-0.1, -0.05) is 12.1 Å². The Hall–Kier alpha value is -4.31. The van der Waals surface area contributed by atoms with E-state index in [1.54, 1.807) is 31.0 Å². The number of amides is 1. The van der Waals surface area contributed by atoms with Crippen LogP contribution in [-0.4, -0.2) is 49.4 Å². The van der Waals surface area contributed by atoms with Gasteiger partial charge in [-0.2, -0.15) is 0 Å². The SMILES string of the molecule is COCCn1c(C(=O)OC)c(NC(=O)c2ccco2)c2cc(NCc3ccc(OC)cc3)cnc21. The quantitative estimate of drug-likeness (QED) is 0.329. The van der Waals surface area contributed by atoms with Gasteiger partial charge in [-0.25, -0.2) is 9.78 Å². The Labute approximate surface area is 201 Å². The number of benzene rings is 1. The van der Waals surface area contributed by atoms with Gasteiger partial charge in [-0.3, -0.25) is 4.79 Å². The van der Waals surface area contributed by atoms with Crippen molar-refractivity contribution in [2.24, 2.45) is 0 Å². The van der Waals surface area contributed by atoms with E-state index in [0.29, 0.717) is 36.4 Å². The molecule has 0 spiro atoms. The number of nitrogens with zero attached hydrogens (tertiary/aromatic N) is 2. The van der Waals surface area contributed by atoms with E-state index < -0.39 is 11.9 Å². The third-order valence-corrected chi connectivity index (χ3v) is 5.44. The second kappa shape index (κ2) is 10.7. The van der Waals surface area contributed by atoms with Crippen molar-refractivity contribution in [3.05, 3.63) is 71.9 Å². The van der Waals surface area contributed by atoms with E-state index in [2.05, 4.69) is 15.6 Å². The molecule has 0 saturated heterocycles. The van der Waals surface area contributed by atoms with Gasteiger partial charge in [0.2, 0.25) is 0 Å². The Morgan fingerprint density at radius 3 is 2.57 bits per heavy atom. The molecule has 0 aliphatic carbocycles. The van der Waals surface area contributed by atoms with E-state index in [9.17, 15) is 9.59 Å². The molecule has 0 atom stereocenters. The molecule has 3 aromatic heterocycles. The fraction of sp³-hybridized carbons (Fsp3) is 0.240. The lowest BCUT2D eigenvalue weighted by molar-refractivity contribution is 0.0588. The van der Waals surface area contributed by atoms with Crippen LogP contribution in [0, 0.1) is 0 Å². The monoisotopic (exact) mass is 478 g/mol. The predicted molar refractivity (Wildman–Crippen MR) is 130 cm³/mol. The number of furan rings is 1. The Bertz CT molecular complexity index is 1310. The molecular formula is C25H26N4O6. The van der Waals surface area contributed by atoms with Crippen LogP contribution in [0.1, 0.15) is 26.6 Å². The number of anilines is 2. The summed E-state index contributed by atoms with van der Waals surface area (Å²) < 4.78 is 22.3. The molecule has 0 fully saturated rings. The molecule has 0 unspecified atom stereocenters. The maximum absolute atomic E-state index is 12.8. The predicted octanol–water partition coefficient (Wildman–Crippen LogP) is 3.94. The molecule has 4 rings (SSSR count). The summed E-state index contributed by atoms with van der Waals surface area (Å²) >= 11 is 0. The third-order valence-electron chi connectivity index (χ3n) is 5.44. The van der Waals surface area contributed by atoms with Crippen molar-refractivity contribution in [1.82, 2.24) is 9.55 Å². The summed E-state index contributed by atoms with van der Waals surface area (Å²) in [5.41, 5.74) is 2.71. The van der Waals surface area contributed by atoms with Gasteiger partial charge in [0.15, 0.2) is 11.5 Å². The van der Waals surface area contributed by atoms with Gasteiger partial charge in [0.05, 0.1) is 44.7 Å². The highest BCUT2D eigenvalue weighted by Crippen LogP contribution is 2.33. The van der Waals surface area contributed by atoms with Crippen LogP contribution in [0.4, 0.5) is 11.4 Å². The van der Waals surface area contributed by atoms with Crippen molar-refractivity contribution in [3.63, 3.8) is 0 Å². The van der Waals surface area contributed by atoms with Gasteiger partial charge in [0, 0.05) is 25.6 Å². The summed E-state index contributed by atoms with van der Waals surface area (Å²) in [6.07, 6.45) is 3.08. The van der Waals surface area contributed by atoms with Gasteiger partial charge in [0.25, 0.3) is 5.91 Å². The lowest BCUT2D eigenvalue weighted by Crippen LogP contribution is -2.18. The zero-order chi connectivity index (χ0) is 24.8. The van der Waals surface area contributed by atoms with Gasteiger partial charge in [-0.05, 0) is 35.9 Å². The van der Waals surface area contributed by atoms with Gasteiger partial charge < -0.3 is 33.8 Å². The maximum atomic E-state index is 12.8. The van der Waals surface area contributed by atoms with Crippen molar-refractivity contribution >= 4 is 34.3 Å². The third kappa shape index (κ3) is 5.12. The number of fused-ring (bicyclic) bond motifs is 1. The Kier molecular flexibility index (Phi) is 7.32. The minimum absolute atomic E-state index is 0.111. The van der Waals surface area contributed by atoms with Crippen LogP contribution in [0.3, 0.4) is 0 Å². The van der Waals surface area contributed by atoms with Crippen LogP contribution in [0.2, 0.25) is 0 Å². The largest absolute Gasteiger partial charge is 0.497 e. The Morgan fingerprint density at radius 2 is 1.91 bits per heavy atom. The highest BCUT2D eigenvalue weighted by atomic mass is 16.5. The summed E-state index contributed by atoms with van der Waals surface area (Å²) in [5.74, 6) is -0.217. The molecule has 0 aliphatic rings. The fourth-order valence-electron chi connectivity index (χ4n) is 3.69. The number of aromatic nitrogens is 2. The fourth-order valence-corrected chi connectivity index (χ4v) is 3.69. The molecule has 10 nitrogen and oxygen atoms in total. The average Bonchev–Trinajstić information content (AvgIpc) is 3.53. The Morgan fingerprint density at radius 1 is 1.11 bits per heavy atom. The molecule has 0 bridgehead atoms. The number of hydrogen-bond acceptors (Lipinski definition) is 8. The zero-order valence-corrected chi connectivity index (χ0v) is 19.7. The number of carbonyl (C=O) groups excluding carboxylic acids is 2. The second-order valence-corrected chi connectivity index (χ2v) is 7.59. The molecule has 0 saturated carbocycles. The molecule has 1 aromatic carbocycles. The highest BCUT2D eigenvalue weighted by Gasteiger charge is 2.27. The number of pyridine rings is 1. The van der Waals surface area contributed by atoms with E-state index >= 15 is 0 Å². The topological polar surface area (TPSA) is 117 Å². The smallest absolute Gasteiger partial charge is 0.356 e. The summed E-state index contributed by atoms with van der Waals surface area (Å²) in [7, 11) is 4.48. The Balaban J connectivity index is 1.73. The van der Waals surface area contributed by atoms with Crippen LogP contribution in [0.25, 0.3) is 11.0 Å². The highest BCUT2D eigenvalue weighted by molar-refractivity contribution is 6.14. The van der Waals surface area contributed by atoms with Crippen LogP contribution in [0.15, 0.2) is 59.3 Å². The minimum atomic E-state index is -0.610. The first-order valence-electron chi connectivity index (χ1n) is 10.9. The normalized spacial score (nSPS) is 10.8. The van der Waals surface area contributed by atoms with Crippen LogP contribution >= 0.6 is 0 Å². The first-order valence-corrected chi connectivity index (χ1v) is 10.9. The first-order chi connectivity index (χ1) is 17.0. The molecule has 35 heavy (non-hydrogen) atoms. The van der Waals surface area contributed by atoms with Crippen molar-refractivity contribution in [2.45, 2.75) is 13.1 Å². The number of ether oxygens (including phenoxy) is 3. The van der Waals surface area contributed by atoms with Gasteiger partial charge in [0.1, 0.15) is 11.4 Å². The van der Waals surface area contributed by atoms with Crippen molar-refractivity contribution in [2.75, 3.05) is 38.6 Å². The molecule has 3 heterocycles. The maximum Gasteiger partial charge on any atom is 0.356 e. The molecule has 182 valence electrons. The molecule has 4 aromatic rings. The number of rotatable bonds is 10. The lowest BCUT2D eigenvalue weighted by atomic mass is 10.2. The van der Waals surface area contributed by atoms with Crippen LogP contribution in [-0.2, 0) is 22.6 Å². The summed E-state index contributed by atoms with van der Waals surface area (Å²) in [6, 6.07) is 12.7. The standard InChI is InChI=1S/C25H26N4O6/c1-32-12-10-29-22(25(31)34-3)21(28-24(30)20-5-4-11-35-20)19-13-17(15-27-23(19)29)26-14-16-6-8-18(33-2)9-7-16/h4-9,11,13,15,26H,10,12,14H2,1-3H3,(H,28,30). The second-order valence-electron chi connectivity index (χ2n) is 7.59. The van der Waals surface area contributed by atoms with Crippen molar-refractivity contribution < 1.29 is 28.2 Å². The molecule has 10 heteroatoms. The number of hydrogen-bond donors (Lipinski definition) is 2. The average molecular weight is 479 g/mol. The number of carbonyl (C=O) groups is 2. The van der Waals surface area contributed by atoms with E-state index in [1.807, 2.05) is 30.3 Å². The van der Waals surface area contributed by atoms with E-state index in [4.69, 9.17) is 18.6 Å². The molecule has 2 N–H and O–H groups in total. The summed E-state index contributed by atoms with van der Waals surface area (Å²) in [6.45, 7) is 1.21. The minimum Gasteiger partial charge on any atom is -0.497 e. The molecular weight excluding hydrogens is 452 g/mol. The number of methoxy groups -OCH3 is 3. The van der Waals surface area contributed by atoms with Gasteiger partial charge >= 0.3 is 5.97 Å². The molecule has 1 amide bonds. The number of nitrogens with one attached hydrogen (secondary N) is 2. The van der Waals surface area contributed by atoms with E-state index in [0.717, 1.165) is 11.3 Å². The molecule has 0 aliphatic heterocycles. The van der Waals surface area contributed by atoms with Crippen LogP contribution < -0.4 is 15.4 Å². The van der Waals surface area contributed by atoms with Crippen molar-refractivity contribution in [3.8, 4) is 5.75 Å². The summed E-state index contributed by atoms with van der Waals surface area (Å²) in [5, 5.41) is 6.70.